The standard InChI is InChI=1S/C8H19N3O2S.ClH/c1-3-11(4-2)14(12,13)10-8-5-6-9-7-8;/h8-10H,3-7H2,1-2H3;1H. The largest absolute Gasteiger partial charge is 0.315 e. The van der Waals surface area contributed by atoms with E-state index < -0.39 is 10.2 Å². The number of halogens is 1. The van der Waals surface area contributed by atoms with E-state index >= 15 is 0 Å². The Hall–Kier alpha value is 0.120. The molecule has 1 aliphatic heterocycles. The van der Waals surface area contributed by atoms with Crippen LogP contribution >= 0.6 is 12.4 Å². The number of hydrogen-bond donors (Lipinski definition) is 2. The van der Waals surface area contributed by atoms with Crippen LogP contribution in [0, 0.1) is 0 Å². The zero-order chi connectivity index (χ0) is 10.6. The van der Waals surface area contributed by atoms with Gasteiger partial charge in [-0.25, -0.2) is 0 Å². The van der Waals surface area contributed by atoms with Gasteiger partial charge in [-0.05, 0) is 13.0 Å². The van der Waals surface area contributed by atoms with Gasteiger partial charge in [-0.15, -0.1) is 12.4 Å². The fourth-order valence-corrected chi connectivity index (χ4v) is 3.06. The number of rotatable bonds is 5. The Morgan fingerprint density at radius 1 is 1.40 bits per heavy atom. The molecule has 0 spiro atoms. The fourth-order valence-electron chi connectivity index (χ4n) is 1.60. The first-order valence-corrected chi connectivity index (χ1v) is 6.52. The molecule has 92 valence electrons. The van der Waals surface area contributed by atoms with Gasteiger partial charge in [-0.2, -0.15) is 17.4 Å². The van der Waals surface area contributed by atoms with Crippen molar-refractivity contribution in [2.75, 3.05) is 26.2 Å². The van der Waals surface area contributed by atoms with Crippen LogP contribution in [0.4, 0.5) is 0 Å². The summed E-state index contributed by atoms with van der Waals surface area (Å²) < 4.78 is 27.6. The Morgan fingerprint density at radius 2 is 2.00 bits per heavy atom. The average Bonchev–Trinajstić information content (AvgIpc) is 2.57. The van der Waals surface area contributed by atoms with Gasteiger partial charge in [-0.1, -0.05) is 13.8 Å². The number of nitrogens with one attached hydrogen (secondary N) is 2. The second-order valence-electron chi connectivity index (χ2n) is 3.40. The summed E-state index contributed by atoms with van der Waals surface area (Å²) in [6, 6.07) is 0.0561. The summed E-state index contributed by atoms with van der Waals surface area (Å²) in [5, 5.41) is 3.12. The van der Waals surface area contributed by atoms with E-state index in [2.05, 4.69) is 10.0 Å². The van der Waals surface area contributed by atoms with Gasteiger partial charge in [0.1, 0.15) is 0 Å². The SMILES string of the molecule is CCN(CC)S(=O)(=O)NC1CCNC1.Cl. The Balaban J connectivity index is 0.00000196. The van der Waals surface area contributed by atoms with Crippen LogP contribution in [-0.4, -0.2) is 44.9 Å². The molecule has 5 nitrogen and oxygen atoms in total. The molecule has 7 heteroatoms. The Bertz CT molecular complexity index is 261. The van der Waals surface area contributed by atoms with E-state index in [1.165, 1.54) is 4.31 Å². The van der Waals surface area contributed by atoms with Gasteiger partial charge in [0.05, 0.1) is 0 Å². The van der Waals surface area contributed by atoms with Crippen molar-refractivity contribution in [2.45, 2.75) is 26.3 Å². The van der Waals surface area contributed by atoms with Crippen LogP contribution in [0.15, 0.2) is 0 Å². The highest BCUT2D eigenvalue weighted by atomic mass is 35.5. The van der Waals surface area contributed by atoms with Gasteiger partial charge < -0.3 is 5.32 Å². The predicted octanol–water partition coefficient (Wildman–Crippen LogP) is -0.0537. The zero-order valence-electron chi connectivity index (χ0n) is 9.19. The first-order chi connectivity index (χ1) is 6.60. The fraction of sp³-hybridized carbons (Fsp3) is 1.00. The van der Waals surface area contributed by atoms with Gasteiger partial charge in [-0.3, -0.25) is 0 Å². The molecule has 0 bridgehead atoms. The molecular weight excluding hydrogens is 238 g/mol. The van der Waals surface area contributed by atoms with Crippen molar-refractivity contribution >= 4 is 22.6 Å². The van der Waals surface area contributed by atoms with Gasteiger partial charge in [0, 0.05) is 25.7 Å². The molecule has 1 rings (SSSR count). The molecule has 1 unspecified atom stereocenters. The predicted molar refractivity (Wildman–Crippen MR) is 63.5 cm³/mol. The molecule has 1 heterocycles. The molecule has 1 saturated heterocycles. The van der Waals surface area contributed by atoms with E-state index in [1.54, 1.807) is 0 Å². The third-order valence-electron chi connectivity index (χ3n) is 2.42. The molecular formula is C8H20ClN3O2S. The Morgan fingerprint density at radius 3 is 2.40 bits per heavy atom. The normalized spacial score (nSPS) is 21.7. The summed E-state index contributed by atoms with van der Waals surface area (Å²) in [7, 11) is -3.26. The van der Waals surface area contributed by atoms with Crippen molar-refractivity contribution in [1.82, 2.24) is 14.3 Å². The summed E-state index contributed by atoms with van der Waals surface area (Å²) >= 11 is 0. The lowest BCUT2D eigenvalue weighted by Gasteiger charge is -2.21. The molecule has 1 atom stereocenters. The molecule has 0 saturated carbocycles. The van der Waals surface area contributed by atoms with Crippen LogP contribution in [0.25, 0.3) is 0 Å². The van der Waals surface area contributed by atoms with Crippen LogP contribution in [0.3, 0.4) is 0 Å². The first-order valence-electron chi connectivity index (χ1n) is 5.08. The average molecular weight is 258 g/mol. The van der Waals surface area contributed by atoms with Crippen LogP contribution in [0.5, 0.6) is 0 Å². The molecule has 2 N–H and O–H groups in total. The van der Waals surface area contributed by atoms with Crippen LogP contribution in [0.1, 0.15) is 20.3 Å². The summed E-state index contributed by atoms with van der Waals surface area (Å²) in [4.78, 5) is 0. The molecule has 0 aliphatic carbocycles. The molecule has 0 amide bonds. The molecule has 0 aromatic carbocycles. The topological polar surface area (TPSA) is 61.4 Å². The molecule has 1 aliphatic rings. The van der Waals surface area contributed by atoms with Crippen molar-refractivity contribution in [2.24, 2.45) is 0 Å². The minimum atomic E-state index is -3.26. The third kappa shape index (κ3) is 4.24. The van der Waals surface area contributed by atoms with Gasteiger partial charge in [0.2, 0.25) is 0 Å². The Kier molecular flexibility index (Phi) is 6.70. The minimum Gasteiger partial charge on any atom is -0.315 e. The minimum absolute atomic E-state index is 0. The van der Waals surface area contributed by atoms with Crippen LogP contribution in [-0.2, 0) is 10.2 Å². The lowest BCUT2D eigenvalue weighted by atomic mass is 10.3. The number of nitrogens with zero attached hydrogens (tertiary/aromatic N) is 1. The van der Waals surface area contributed by atoms with Crippen molar-refractivity contribution < 1.29 is 8.42 Å². The van der Waals surface area contributed by atoms with Gasteiger partial charge in [0.25, 0.3) is 10.2 Å². The summed E-state index contributed by atoms with van der Waals surface area (Å²) in [6.07, 6.45) is 0.875. The van der Waals surface area contributed by atoms with Crippen molar-refractivity contribution in [3.63, 3.8) is 0 Å². The Labute approximate surface area is 98.2 Å². The highest BCUT2D eigenvalue weighted by Gasteiger charge is 2.24. The molecule has 0 radical (unpaired) electrons. The highest BCUT2D eigenvalue weighted by molar-refractivity contribution is 7.87. The quantitative estimate of drug-likeness (QED) is 0.726. The molecule has 0 aromatic heterocycles. The van der Waals surface area contributed by atoms with E-state index in [0.717, 1.165) is 19.5 Å². The monoisotopic (exact) mass is 257 g/mol. The van der Waals surface area contributed by atoms with Crippen molar-refractivity contribution in [3.8, 4) is 0 Å². The molecule has 0 aromatic rings. The van der Waals surface area contributed by atoms with Crippen LogP contribution < -0.4 is 10.0 Å². The maximum Gasteiger partial charge on any atom is 0.279 e. The van der Waals surface area contributed by atoms with E-state index in [0.29, 0.717) is 13.1 Å². The number of hydrogen-bond acceptors (Lipinski definition) is 3. The maximum atomic E-state index is 11.7. The summed E-state index contributed by atoms with van der Waals surface area (Å²) in [5.41, 5.74) is 0. The summed E-state index contributed by atoms with van der Waals surface area (Å²) in [5.74, 6) is 0. The summed E-state index contributed by atoms with van der Waals surface area (Å²) in [6.45, 7) is 6.36. The van der Waals surface area contributed by atoms with E-state index in [4.69, 9.17) is 0 Å². The highest BCUT2D eigenvalue weighted by Crippen LogP contribution is 2.03. The van der Waals surface area contributed by atoms with Crippen LogP contribution in [0.2, 0.25) is 0 Å². The third-order valence-corrected chi connectivity index (χ3v) is 4.25. The van der Waals surface area contributed by atoms with Crippen molar-refractivity contribution in [3.05, 3.63) is 0 Å². The zero-order valence-corrected chi connectivity index (χ0v) is 10.8. The van der Waals surface area contributed by atoms with Gasteiger partial charge >= 0.3 is 0 Å². The smallest absolute Gasteiger partial charge is 0.279 e. The maximum absolute atomic E-state index is 11.7. The van der Waals surface area contributed by atoms with E-state index in [9.17, 15) is 8.42 Å². The lowest BCUT2D eigenvalue weighted by molar-refractivity contribution is 0.427. The first kappa shape index (κ1) is 15.1. The second-order valence-corrected chi connectivity index (χ2v) is 5.10. The molecule has 15 heavy (non-hydrogen) atoms. The molecule has 1 fully saturated rings. The van der Waals surface area contributed by atoms with Crippen molar-refractivity contribution in [1.29, 1.82) is 0 Å². The van der Waals surface area contributed by atoms with E-state index in [-0.39, 0.29) is 18.4 Å². The van der Waals surface area contributed by atoms with Gasteiger partial charge in [0.15, 0.2) is 0 Å². The van der Waals surface area contributed by atoms with E-state index in [1.807, 2.05) is 13.8 Å². The second kappa shape index (κ2) is 6.65. The lowest BCUT2D eigenvalue weighted by Crippen LogP contribution is -2.45.